The van der Waals surface area contributed by atoms with Crippen molar-refractivity contribution < 1.29 is 18.0 Å². The van der Waals surface area contributed by atoms with Crippen molar-refractivity contribution in [3.63, 3.8) is 0 Å². The number of carbonyl (C=O) groups is 2. The number of nitrogens with zero attached hydrogens (tertiary/aromatic N) is 4. The molecule has 0 aliphatic heterocycles. The summed E-state index contributed by atoms with van der Waals surface area (Å²) < 4.78 is 28.1. The maximum atomic E-state index is 12.7. The smallest absolute Gasteiger partial charge is 0.243 e. The molecule has 0 unspecified atom stereocenters. The quantitative estimate of drug-likeness (QED) is 0.577. The van der Waals surface area contributed by atoms with Gasteiger partial charge in [0.15, 0.2) is 11.4 Å². The van der Waals surface area contributed by atoms with Crippen molar-refractivity contribution in [3.8, 4) is 0 Å². The molecule has 0 radical (unpaired) electrons. The van der Waals surface area contributed by atoms with Crippen molar-refractivity contribution >= 4 is 38.4 Å². The van der Waals surface area contributed by atoms with Gasteiger partial charge in [-0.2, -0.15) is 9.40 Å². The number of pyridine rings is 1. The Balaban J connectivity index is 1.70. The number of likely N-dealkylation sites (N-methyl/N-ethyl adjacent to an activating group) is 1. The van der Waals surface area contributed by atoms with Crippen molar-refractivity contribution in [1.82, 2.24) is 19.1 Å². The predicted octanol–water partition coefficient (Wildman–Crippen LogP) is 2.47. The molecule has 30 heavy (non-hydrogen) atoms. The van der Waals surface area contributed by atoms with Gasteiger partial charge in [-0.15, -0.1) is 0 Å². The van der Waals surface area contributed by atoms with Gasteiger partial charge in [0, 0.05) is 24.0 Å². The Labute approximate surface area is 174 Å². The maximum absolute atomic E-state index is 12.7. The molecule has 3 aromatic rings. The molecule has 2 heterocycles. The minimum absolute atomic E-state index is 0.00647. The average Bonchev–Trinajstić information content (AvgIpc) is 3.11. The summed E-state index contributed by atoms with van der Waals surface area (Å²) in [4.78, 5) is 28.1. The number of nitrogens with one attached hydrogen (secondary N) is 1. The van der Waals surface area contributed by atoms with Gasteiger partial charge in [-0.05, 0) is 39.0 Å². The van der Waals surface area contributed by atoms with E-state index in [0.29, 0.717) is 16.9 Å². The maximum Gasteiger partial charge on any atom is 0.243 e. The summed E-state index contributed by atoms with van der Waals surface area (Å²) in [5.74, 6) is -0.657. The Kier molecular flexibility index (Phi) is 5.99. The normalized spacial score (nSPS) is 11.9. The lowest BCUT2D eigenvalue weighted by atomic mass is 10.2. The molecular formula is C20H23N5O4S. The number of ketones is 1. The Morgan fingerprint density at radius 1 is 1.17 bits per heavy atom. The summed E-state index contributed by atoms with van der Waals surface area (Å²) in [6.45, 7) is 5.02. The Morgan fingerprint density at radius 2 is 1.83 bits per heavy atom. The first kappa shape index (κ1) is 21.6. The van der Waals surface area contributed by atoms with Crippen LogP contribution in [0.1, 0.15) is 37.2 Å². The fourth-order valence-corrected chi connectivity index (χ4v) is 4.04. The average molecular weight is 430 g/mol. The summed E-state index contributed by atoms with van der Waals surface area (Å²) in [6, 6.07) is 7.48. The van der Waals surface area contributed by atoms with Crippen molar-refractivity contribution in [2.75, 3.05) is 18.9 Å². The molecule has 0 aliphatic rings. The molecule has 1 N–H and O–H groups in total. The summed E-state index contributed by atoms with van der Waals surface area (Å²) in [7, 11) is -2.56. The van der Waals surface area contributed by atoms with E-state index in [0.717, 1.165) is 9.69 Å². The van der Waals surface area contributed by atoms with Gasteiger partial charge in [0.2, 0.25) is 15.9 Å². The zero-order chi connectivity index (χ0) is 22.1. The van der Waals surface area contributed by atoms with Crippen LogP contribution < -0.4 is 5.32 Å². The molecule has 9 nitrogen and oxygen atoms in total. The number of amides is 1. The summed E-state index contributed by atoms with van der Waals surface area (Å²) in [5, 5.41) is 7.71. The van der Waals surface area contributed by atoms with E-state index in [-0.39, 0.29) is 23.3 Å². The van der Waals surface area contributed by atoms with Crippen molar-refractivity contribution in [1.29, 1.82) is 0 Å². The van der Waals surface area contributed by atoms with E-state index in [4.69, 9.17) is 0 Å². The monoisotopic (exact) mass is 429 g/mol. The number of carbonyl (C=O) groups excluding carboxylic acids is 2. The Hall–Kier alpha value is -3.11. The number of fused-ring (bicyclic) bond motifs is 1. The summed E-state index contributed by atoms with van der Waals surface area (Å²) >= 11 is 0. The molecule has 0 bridgehead atoms. The molecule has 10 heteroatoms. The topological polar surface area (TPSA) is 114 Å². The highest BCUT2D eigenvalue weighted by molar-refractivity contribution is 7.89. The van der Waals surface area contributed by atoms with Crippen molar-refractivity contribution in [3.05, 3.63) is 48.3 Å². The van der Waals surface area contributed by atoms with E-state index in [1.165, 1.54) is 44.4 Å². The molecular weight excluding hydrogens is 406 g/mol. The van der Waals surface area contributed by atoms with Crippen LogP contribution in [0.2, 0.25) is 0 Å². The number of anilines is 1. The molecule has 1 amide bonds. The molecule has 2 aromatic heterocycles. The highest BCUT2D eigenvalue weighted by Crippen LogP contribution is 2.19. The standard InChI is InChI=1S/C20H23N5O4S/c1-13(2)25-20-16(10-22-25)9-17(11-21-20)23-19(27)12-24(4)30(28,29)18-7-5-15(6-8-18)14(3)26/h5-11,13H,12H2,1-4H3,(H,23,27). The van der Waals surface area contributed by atoms with Gasteiger partial charge in [0.05, 0.1) is 29.5 Å². The fraction of sp³-hybridized carbons (Fsp3) is 0.300. The number of hydrogen-bond donors (Lipinski definition) is 1. The number of Topliss-reactive ketones (excluding diaryl/α,β-unsaturated/α-hetero) is 1. The van der Waals surface area contributed by atoms with Crippen LogP contribution in [-0.4, -0.2) is 52.8 Å². The molecule has 0 spiro atoms. The lowest BCUT2D eigenvalue weighted by Crippen LogP contribution is -2.35. The van der Waals surface area contributed by atoms with Crippen LogP contribution in [0.15, 0.2) is 47.6 Å². The largest absolute Gasteiger partial charge is 0.324 e. The molecule has 3 rings (SSSR count). The van der Waals surface area contributed by atoms with Crippen LogP contribution in [0.4, 0.5) is 5.69 Å². The number of hydrogen-bond acceptors (Lipinski definition) is 6. The van der Waals surface area contributed by atoms with Gasteiger partial charge >= 0.3 is 0 Å². The SMILES string of the molecule is CC(=O)c1ccc(S(=O)(=O)N(C)CC(=O)Nc2cnc3c(cnn3C(C)C)c2)cc1. The minimum atomic E-state index is -3.88. The first-order chi connectivity index (χ1) is 14.1. The Morgan fingerprint density at radius 3 is 2.43 bits per heavy atom. The summed E-state index contributed by atoms with van der Waals surface area (Å²) in [6.07, 6.45) is 3.18. The molecule has 0 aliphatic carbocycles. The lowest BCUT2D eigenvalue weighted by molar-refractivity contribution is -0.116. The number of benzene rings is 1. The third-order valence-corrected chi connectivity index (χ3v) is 6.36. The van der Waals surface area contributed by atoms with E-state index in [2.05, 4.69) is 15.4 Å². The number of rotatable bonds is 7. The molecule has 0 atom stereocenters. The van der Waals surface area contributed by atoms with Crippen LogP contribution in [-0.2, 0) is 14.8 Å². The van der Waals surface area contributed by atoms with Gasteiger partial charge < -0.3 is 5.32 Å². The van der Waals surface area contributed by atoms with Crippen molar-refractivity contribution in [2.24, 2.45) is 0 Å². The lowest BCUT2D eigenvalue weighted by Gasteiger charge is -2.17. The zero-order valence-corrected chi connectivity index (χ0v) is 18.0. The highest BCUT2D eigenvalue weighted by atomic mass is 32.2. The highest BCUT2D eigenvalue weighted by Gasteiger charge is 2.23. The molecule has 158 valence electrons. The van der Waals surface area contributed by atoms with Crippen LogP contribution in [0.3, 0.4) is 0 Å². The summed E-state index contributed by atoms with van der Waals surface area (Å²) in [5.41, 5.74) is 1.57. The van der Waals surface area contributed by atoms with E-state index in [1.54, 1.807) is 16.9 Å². The van der Waals surface area contributed by atoms with Gasteiger partial charge in [-0.3, -0.25) is 9.59 Å². The second-order valence-corrected chi connectivity index (χ2v) is 9.25. The zero-order valence-electron chi connectivity index (χ0n) is 17.2. The van der Waals surface area contributed by atoms with Crippen LogP contribution in [0, 0.1) is 0 Å². The molecule has 0 fully saturated rings. The second kappa shape index (κ2) is 8.33. The third-order valence-electron chi connectivity index (χ3n) is 4.54. The van der Waals surface area contributed by atoms with E-state index < -0.39 is 15.9 Å². The predicted molar refractivity (Wildman–Crippen MR) is 113 cm³/mol. The van der Waals surface area contributed by atoms with Gasteiger partial charge in [0.25, 0.3) is 0 Å². The Bertz CT molecular complexity index is 1200. The van der Waals surface area contributed by atoms with Crippen LogP contribution in [0.25, 0.3) is 11.0 Å². The molecule has 0 saturated carbocycles. The third kappa shape index (κ3) is 4.39. The van der Waals surface area contributed by atoms with Gasteiger partial charge in [0.1, 0.15) is 0 Å². The van der Waals surface area contributed by atoms with Crippen LogP contribution >= 0.6 is 0 Å². The van der Waals surface area contributed by atoms with Gasteiger partial charge in [-0.25, -0.2) is 18.1 Å². The molecule has 1 aromatic carbocycles. The second-order valence-electron chi connectivity index (χ2n) is 7.21. The minimum Gasteiger partial charge on any atom is -0.324 e. The number of sulfonamides is 1. The first-order valence-electron chi connectivity index (χ1n) is 9.30. The van der Waals surface area contributed by atoms with E-state index >= 15 is 0 Å². The fourth-order valence-electron chi connectivity index (χ4n) is 2.92. The van der Waals surface area contributed by atoms with Gasteiger partial charge in [-0.1, -0.05) is 12.1 Å². The first-order valence-corrected chi connectivity index (χ1v) is 10.7. The molecule has 0 saturated heterocycles. The van der Waals surface area contributed by atoms with Crippen molar-refractivity contribution in [2.45, 2.75) is 31.7 Å². The van der Waals surface area contributed by atoms with E-state index in [1.807, 2.05) is 13.8 Å². The number of aromatic nitrogens is 3. The van der Waals surface area contributed by atoms with Crippen LogP contribution in [0.5, 0.6) is 0 Å². The van der Waals surface area contributed by atoms with E-state index in [9.17, 15) is 18.0 Å².